The van der Waals surface area contributed by atoms with E-state index in [1.54, 1.807) is 12.3 Å². The number of amides is 1. The van der Waals surface area contributed by atoms with Crippen LogP contribution >= 0.6 is 0 Å². The number of rotatable bonds is 6. The van der Waals surface area contributed by atoms with Gasteiger partial charge in [-0.3, -0.25) is 4.98 Å². The Morgan fingerprint density at radius 1 is 1.23 bits per heavy atom. The highest BCUT2D eigenvalue weighted by Crippen LogP contribution is 2.03. The Kier molecular flexibility index (Phi) is 5.99. The maximum atomic E-state index is 11.5. The van der Waals surface area contributed by atoms with Crippen LogP contribution in [0.4, 0.5) is 10.5 Å². The van der Waals surface area contributed by atoms with Crippen molar-refractivity contribution in [2.75, 3.05) is 12.3 Å². The van der Waals surface area contributed by atoms with Gasteiger partial charge in [-0.15, -0.1) is 0 Å². The summed E-state index contributed by atoms with van der Waals surface area (Å²) in [7, 11) is 0. The van der Waals surface area contributed by atoms with Crippen molar-refractivity contribution in [1.82, 2.24) is 10.3 Å². The minimum Gasteiger partial charge on any atom is -0.445 e. The highest BCUT2D eigenvalue weighted by Gasteiger charge is 2.00. The molecule has 5 heteroatoms. The number of carbonyl (C=O) groups excluding carboxylic acids is 1. The smallest absolute Gasteiger partial charge is 0.407 e. The highest BCUT2D eigenvalue weighted by molar-refractivity contribution is 5.67. The van der Waals surface area contributed by atoms with Crippen molar-refractivity contribution in [1.29, 1.82) is 0 Å². The molecule has 1 aromatic heterocycles. The molecular weight excluding hydrogens is 278 g/mol. The Hall–Kier alpha value is -2.82. The molecule has 0 saturated carbocycles. The maximum Gasteiger partial charge on any atom is 0.407 e. The lowest BCUT2D eigenvalue weighted by molar-refractivity contribution is 0.140. The summed E-state index contributed by atoms with van der Waals surface area (Å²) in [4.78, 5) is 15.7. The zero-order chi connectivity index (χ0) is 15.6. The van der Waals surface area contributed by atoms with Crippen LogP contribution in [0.1, 0.15) is 17.7 Å². The molecule has 1 amide bonds. The van der Waals surface area contributed by atoms with E-state index in [4.69, 9.17) is 10.5 Å². The van der Waals surface area contributed by atoms with E-state index < -0.39 is 6.09 Å². The van der Waals surface area contributed by atoms with Crippen LogP contribution in [-0.4, -0.2) is 17.6 Å². The number of alkyl carbamates (subject to hydrolysis) is 1. The minimum atomic E-state index is -0.414. The molecule has 0 atom stereocenters. The molecule has 2 aromatic rings. The average molecular weight is 297 g/mol. The number of anilines is 1. The number of nitrogen functional groups attached to an aromatic ring is 1. The van der Waals surface area contributed by atoms with Gasteiger partial charge in [-0.25, -0.2) is 4.79 Å². The zero-order valence-electron chi connectivity index (χ0n) is 12.2. The summed E-state index contributed by atoms with van der Waals surface area (Å²) in [6.45, 7) is 0.789. The van der Waals surface area contributed by atoms with Crippen molar-refractivity contribution in [3.8, 4) is 0 Å². The molecule has 1 heterocycles. The zero-order valence-corrected chi connectivity index (χ0v) is 12.2. The predicted molar refractivity (Wildman–Crippen MR) is 86.9 cm³/mol. The van der Waals surface area contributed by atoms with E-state index in [1.165, 1.54) is 0 Å². The molecule has 114 valence electrons. The van der Waals surface area contributed by atoms with E-state index in [1.807, 2.05) is 48.6 Å². The Bertz CT molecular complexity index is 610. The summed E-state index contributed by atoms with van der Waals surface area (Å²) in [6, 6.07) is 13.2. The predicted octanol–water partition coefficient (Wildman–Crippen LogP) is 2.99. The summed E-state index contributed by atoms with van der Waals surface area (Å²) in [5.41, 5.74) is 8.00. The molecular formula is C17H19N3O2. The summed E-state index contributed by atoms with van der Waals surface area (Å²) in [5, 5.41) is 2.70. The summed E-state index contributed by atoms with van der Waals surface area (Å²) in [5.74, 6) is 0. The van der Waals surface area contributed by atoms with Crippen LogP contribution < -0.4 is 11.1 Å². The molecule has 0 aliphatic heterocycles. The Morgan fingerprint density at radius 3 is 2.77 bits per heavy atom. The number of nitrogens with zero attached hydrogens (tertiary/aromatic N) is 1. The molecule has 0 saturated heterocycles. The molecule has 0 spiro atoms. The van der Waals surface area contributed by atoms with Gasteiger partial charge in [-0.05, 0) is 30.2 Å². The van der Waals surface area contributed by atoms with Crippen molar-refractivity contribution >= 4 is 17.9 Å². The quantitative estimate of drug-likeness (QED) is 0.804. The van der Waals surface area contributed by atoms with Crippen molar-refractivity contribution in [2.24, 2.45) is 0 Å². The molecule has 0 aliphatic rings. The van der Waals surface area contributed by atoms with E-state index in [0.29, 0.717) is 18.7 Å². The molecule has 0 aliphatic carbocycles. The van der Waals surface area contributed by atoms with Gasteiger partial charge in [0.1, 0.15) is 6.61 Å². The molecule has 2 rings (SSSR count). The fourth-order valence-electron chi connectivity index (χ4n) is 1.75. The third-order valence-electron chi connectivity index (χ3n) is 2.89. The van der Waals surface area contributed by atoms with Crippen molar-refractivity contribution < 1.29 is 9.53 Å². The van der Waals surface area contributed by atoms with Gasteiger partial charge in [-0.1, -0.05) is 36.4 Å². The number of pyridine rings is 1. The van der Waals surface area contributed by atoms with E-state index in [2.05, 4.69) is 10.3 Å². The van der Waals surface area contributed by atoms with Gasteiger partial charge >= 0.3 is 6.09 Å². The van der Waals surface area contributed by atoms with Crippen LogP contribution in [0.25, 0.3) is 6.08 Å². The van der Waals surface area contributed by atoms with Gasteiger partial charge in [0.25, 0.3) is 0 Å². The van der Waals surface area contributed by atoms with E-state index >= 15 is 0 Å². The number of nitrogens with two attached hydrogens (primary N) is 1. The number of hydrogen-bond donors (Lipinski definition) is 2. The molecule has 22 heavy (non-hydrogen) atoms. The second-order valence-electron chi connectivity index (χ2n) is 4.70. The fraction of sp³-hybridized carbons (Fsp3) is 0.176. The Balaban J connectivity index is 1.61. The van der Waals surface area contributed by atoms with Crippen LogP contribution in [0.2, 0.25) is 0 Å². The Morgan fingerprint density at radius 2 is 2.05 bits per heavy atom. The van der Waals surface area contributed by atoms with Crippen molar-refractivity contribution in [2.45, 2.75) is 13.0 Å². The largest absolute Gasteiger partial charge is 0.445 e. The van der Waals surface area contributed by atoms with E-state index in [0.717, 1.165) is 11.3 Å². The van der Waals surface area contributed by atoms with Gasteiger partial charge in [-0.2, -0.15) is 0 Å². The normalized spacial score (nSPS) is 10.5. The first-order valence-corrected chi connectivity index (χ1v) is 7.06. The van der Waals surface area contributed by atoms with Crippen molar-refractivity contribution in [3.63, 3.8) is 0 Å². The van der Waals surface area contributed by atoms with Crippen LogP contribution in [-0.2, 0) is 11.3 Å². The summed E-state index contributed by atoms with van der Waals surface area (Å²) in [6.07, 6.45) is 5.72. The number of aromatic nitrogens is 1. The van der Waals surface area contributed by atoms with Gasteiger partial charge in [0, 0.05) is 6.54 Å². The second-order valence-corrected chi connectivity index (χ2v) is 4.70. The molecule has 0 fully saturated rings. The van der Waals surface area contributed by atoms with Crippen molar-refractivity contribution in [3.05, 3.63) is 66.0 Å². The monoisotopic (exact) mass is 297 g/mol. The average Bonchev–Trinajstić information content (AvgIpc) is 2.55. The van der Waals surface area contributed by atoms with Gasteiger partial charge < -0.3 is 15.8 Å². The van der Waals surface area contributed by atoms with E-state index in [-0.39, 0.29) is 6.61 Å². The lowest BCUT2D eigenvalue weighted by atomic mass is 10.2. The topological polar surface area (TPSA) is 77.2 Å². The molecule has 0 bridgehead atoms. The first-order chi connectivity index (χ1) is 10.7. The lowest BCUT2D eigenvalue weighted by Gasteiger charge is -2.05. The fourth-order valence-corrected chi connectivity index (χ4v) is 1.75. The standard InChI is InChI=1S/C17H19N3O2/c18-15-9-10-16(20-12-15)8-4-5-11-19-17(21)22-13-14-6-2-1-3-7-14/h1-4,6-10,12H,5,11,13,18H2,(H,19,21). The summed E-state index contributed by atoms with van der Waals surface area (Å²) >= 11 is 0. The molecule has 1 aromatic carbocycles. The maximum absolute atomic E-state index is 11.5. The second kappa shape index (κ2) is 8.46. The van der Waals surface area contributed by atoms with Crippen LogP contribution in [0.15, 0.2) is 54.7 Å². The number of hydrogen-bond acceptors (Lipinski definition) is 4. The number of nitrogens with one attached hydrogen (secondary N) is 1. The van der Waals surface area contributed by atoms with E-state index in [9.17, 15) is 4.79 Å². The van der Waals surface area contributed by atoms with Gasteiger partial charge in [0.05, 0.1) is 17.6 Å². The Labute approximate surface area is 129 Å². The van der Waals surface area contributed by atoms with Gasteiger partial charge in [0.2, 0.25) is 0 Å². The molecule has 3 N–H and O–H groups in total. The molecule has 0 radical (unpaired) electrons. The van der Waals surface area contributed by atoms with Gasteiger partial charge in [0.15, 0.2) is 0 Å². The third-order valence-corrected chi connectivity index (χ3v) is 2.89. The number of benzene rings is 1. The minimum absolute atomic E-state index is 0.276. The SMILES string of the molecule is Nc1ccc(C=CCCNC(=O)OCc2ccccc2)nc1. The number of carbonyl (C=O) groups is 1. The number of ether oxygens (including phenoxy) is 1. The first kappa shape index (κ1) is 15.6. The highest BCUT2D eigenvalue weighted by atomic mass is 16.5. The van der Waals surface area contributed by atoms with Crippen LogP contribution in [0.3, 0.4) is 0 Å². The molecule has 5 nitrogen and oxygen atoms in total. The first-order valence-electron chi connectivity index (χ1n) is 7.06. The van der Waals surface area contributed by atoms with Crippen LogP contribution in [0, 0.1) is 0 Å². The molecule has 0 unspecified atom stereocenters. The van der Waals surface area contributed by atoms with Crippen LogP contribution in [0.5, 0.6) is 0 Å². The summed E-state index contributed by atoms with van der Waals surface area (Å²) < 4.78 is 5.11. The third kappa shape index (κ3) is 5.66. The lowest BCUT2D eigenvalue weighted by Crippen LogP contribution is -2.24.